The van der Waals surface area contributed by atoms with Crippen LogP contribution in [0.2, 0.25) is 0 Å². The van der Waals surface area contributed by atoms with Crippen LogP contribution in [-0.4, -0.2) is 43.2 Å². The van der Waals surface area contributed by atoms with Crippen molar-refractivity contribution in [3.05, 3.63) is 23.8 Å². The van der Waals surface area contributed by atoms with E-state index in [1.165, 1.54) is 6.92 Å². The SMILES string of the molecule is C/C=C(\C=C/C(C)N(C)CC(F)(F)CC)CC(N)CF. The van der Waals surface area contributed by atoms with E-state index in [9.17, 15) is 13.2 Å². The first-order chi connectivity index (χ1) is 9.25. The first-order valence-electron chi connectivity index (χ1n) is 6.98. The molecule has 0 saturated carbocycles. The predicted octanol–water partition coefficient (Wildman–Crippen LogP) is 3.54. The highest BCUT2D eigenvalue weighted by Gasteiger charge is 2.28. The van der Waals surface area contributed by atoms with E-state index in [4.69, 9.17) is 5.73 Å². The Hall–Kier alpha value is -0.810. The van der Waals surface area contributed by atoms with Crippen LogP contribution in [0.3, 0.4) is 0 Å². The smallest absolute Gasteiger partial charge is 0.260 e. The summed E-state index contributed by atoms with van der Waals surface area (Å²) in [6, 6.07) is -0.632. The molecule has 0 spiro atoms. The third kappa shape index (κ3) is 7.70. The van der Waals surface area contributed by atoms with Crippen molar-refractivity contribution in [1.29, 1.82) is 0 Å². The van der Waals surface area contributed by atoms with Gasteiger partial charge in [0, 0.05) is 18.5 Å². The molecule has 0 fully saturated rings. The zero-order valence-corrected chi connectivity index (χ0v) is 12.9. The van der Waals surface area contributed by atoms with Crippen LogP contribution in [-0.2, 0) is 0 Å². The highest BCUT2D eigenvalue weighted by atomic mass is 19.3. The largest absolute Gasteiger partial charge is 0.325 e. The standard InChI is InChI=1S/C15H27F3N2/c1-5-13(9-14(19)10-16)8-7-12(3)20(4)11-15(17,18)6-2/h5,7-8,12,14H,6,9-11,19H2,1-4H3/b8-7-,13-5+. The van der Waals surface area contributed by atoms with Crippen LogP contribution in [0.15, 0.2) is 23.8 Å². The summed E-state index contributed by atoms with van der Waals surface area (Å²) in [4.78, 5) is 1.60. The summed E-state index contributed by atoms with van der Waals surface area (Å²) in [6.07, 6.45) is 5.82. The average molecular weight is 292 g/mol. The quantitative estimate of drug-likeness (QED) is 0.659. The van der Waals surface area contributed by atoms with Crippen LogP contribution < -0.4 is 5.73 Å². The van der Waals surface area contributed by atoms with Crippen LogP contribution >= 0.6 is 0 Å². The summed E-state index contributed by atoms with van der Waals surface area (Å²) in [5.41, 5.74) is 6.47. The van der Waals surface area contributed by atoms with Gasteiger partial charge in [0.15, 0.2) is 0 Å². The van der Waals surface area contributed by atoms with Crippen molar-refractivity contribution < 1.29 is 13.2 Å². The Morgan fingerprint density at radius 1 is 1.40 bits per heavy atom. The van der Waals surface area contributed by atoms with Gasteiger partial charge in [-0.25, -0.2) is 13.2 Å². The van der Waals surface area contributed by atoms with E-state index in [1.807, 2.05) is 32.1 Å². The number of alkyl halides is 3. The van der Waals surface area contributed by atoms with Gasteiger partial charge in [0.25, 0.3) is 5.92 Å². The fourth-order valence-electron chi connectivity index (χ4n) is 1.67. The monoisotopic (exact) mass is 292 g/mol. The Balaban J connectivity index is 4.49. The first-order valence-corrected chi connectivity index (χ1v) is 6.98. The first kappa shape index (κ1) is 19.2. The Morgan fingerprint density at radius 3 is 2.45 bits per heavy atom. The Morgan fingerprint density at radius 2 is 2.00 bits per heavy atom. The molecule has 0 aliphatic heterocycles. The molecule has 0 amide bonds. The van der Waals surface area contributed by atoms with Gasteiger partial charge in [0.05, 0.1) is 6.54 Å². The van der Waals surface area contributed by atoms with Gasteiger partial charge in [-0.2, -0.15) is 0 Å². The molecule has 0 aromatic carbocycles. The summed E-state index contributed by atoms with van der Waals surface area (Å²) >= 11 is 0. The van der Waals surface area contributed by atoms with Gasteiger partial charge in [-0.05, 0) is 27.3 Å². The minimum absolute atomic E-state index is 0.121. The number of hydrogen-bond donors (Lipinski definition) is 1. The number of rotatable bonds is 9. The van der Waals surface area contributed by atoms with Crippen LogP contribution in [0.5, 0.6) is 0 Å². The summed E-state index contributed by atoms with van der Waals surface area (Å²) in [5.74, 6) is -2.67. The molecule has 0 bridgehead atoms. The third-order valence-corrected chi connectivity index (χ3v) is 3.35. The summed E-state index contributed by atoms with van der Waals surface area (Å²) in [7, 11) is 1.67. The topological polar surface area (TPSA) is 29.3 Å². The number of halogens is 3. The lowest BCUT2D eigenvalue weighted by Crippen LogP contribution is -2.38. The van der Waals surface area contributed by atoms with Gasteiger partial charge in [0.1, 0.15) is 6.67 Å². The Bertz CT molecular complexity index is 327. The van der Waals surface area contributed by atoms with Crippen molar-refractivity contribution in [3.63, 3.8) is 0 Å². The maximum Gasteiger partial charge on any atom is 0.260 e. The van der Waals surface area contributed by atoms with Crippen LogP contribution in [0.1, 0.15) is 33.6 Å². The maximum absolute atomic E-state index is 13.3. The molecule has 0 aliphatic rings. The molecule has 0 saturated heterocycles. The molecular formula is C15H27F3N2. The molecule has 0 radical (unpaired) electrons. The molecule has 118 valence electrons. The molecule has 0 rings (SSSR count). The number of nitrogens with zero attached hydrogens (tertiary/aromatic N) is 1. The van der Waals surface area contributed by atoms with Gasteiger partial charge >= 0.3 is 0 Å². The maximum atomic E-state index is 13.3. The van der Waals surface area contributed by atoms with E-state index in [0.29, 0.717) is 6.42 Å². The summed E-state index contributed by atoms with van der Waals surface area (Å²) in [6.45, 7) is 4.34. The highest BCUT2D eigenvalue weighted by Crippen LogP contribution is 2.20. The summed E-state index contributed by atoms with van der Waals surface area (Å²) < 4.78 is 39.0. The van der Waals surface area contributed by atoms with Crippen molar-refractivity contribution in [2.24, 2.45) is 5.73 Å². The molecule has 0 aromatic rings. The molecule has 2 nitrogen and oxygen atoms in total. The molecule has 2 N–H and O–H groups in total. The van der Waals surface area contributed by atoms with Gasteiger partial charge in [-0.3, -0.25) is 4.90 Å². The normalized spacial score (nSPS) is 16.9. The molecule has 2 atom stereocenters. The molecular weight excluding hydrogens is 265 g/mol. The van der Waals surface area contributed by atoms with E-state index in [0.717, 1.165) is 5.57 Å². The fraction of sp³-hybridized carbons (Fsp3) is 0.733. The molecule has 0 aromatic heterocycles. The van der Waals surface area contributed by atoms with Crippen molar-refractivity contribution in [1.82, 2.24) is 4.90 Å². The Kier molecular flexibility index (Phi) is 8.81. The number of nitrogens with two attached hydrogens (primary N) is 1. The van der Waals surface area contributed by atoms with Crippen LogP contribution in [0.4, 0.5) is 13.2 Å². The lowest BCUT2D eigenvalue weighted by molar-refractivity contribution is -0.0334. The number of allylic oxidation sites excluding steroid dienone is 2. The second-order valence-electron chi connectivity index (χ2n) is 5.21. The van der Waals surface area contributed by atoms with E-state index >= 15 is 0 Å². The Labute approximate surface area is 120 Å². The van der Waals surface area contributed by atoms with Crippen molar-refractivity contribution in [2.75, 3.05) is 20.3 Å². The minimum Gasteiger partial charge on any atom is -0.325 e. The van der Waals surface area contributed by atoms with E-state index in [2.05, 4.69) is 0 Å². The fourth-order valence-corrected chi connectivity index (χ4v) is 1.67. The van der Waals surface area contributed by atoms with Gasteiger partial charge in [-0.15, -0.1) is 0 Å². The molecule has 5 heteroatoms. The second kappa shape index (κ2) is 9.19. The number of likely N-dealkylation sites (N-methyl/N-ethyl adjacent to an activating group) is 1. The lowest BCUT2D eigenvalue weighted by Gasteiger charge is -2.26. The van der Waals surface area contributed by atoms with Crippen molar-refractivity contribution in [3.8, 4) is 0 Å². The molecule has 0 heterocycles. The lowest BCUT2D eigenvalue weighted by atomic mass is 10.1. The minimum atomic E-state index is -2.67. The average Bonchev–Trinajstić information content (AvgIpc) is 2.41. The molecule has 0 aliphatic carbocycles. The zero-order valence-electron chi connectivity index (χ0n) is 12.9. The van der Waals surface area contributed by atoms with E-state index in [1.54, 1.807) is 11.9 Å². The van der Waals surface area contributed by atoms with Crippen LogP contribution in [0, 0.1) is 0 Å². The van der Waals surface area contributed by atoms with E-state index < -0.39 is 18.6 Å². The summed E-state index contributed by atoms with van der Waals surface area (Å²) in [5, 5.41) is 0. The van der Waals surface area contributed by atoms with Crippen molar-refractivity contribution >= 4 is 0 Å². The van der Waals surface area contributed by atoms with E-state index in [-0.39, 0.29) is 19.0 Å². The predicted molar refractivity (Wildman–Crippen MR) is 78.8 cm³/mol. The van der Waals surface area contributed by atoms with Gasteiger partial charge in [0.2, 0.25) is 0 Å². The zero-order chi connectivity index (χ0) is 15.8. The molecule has 20 heavy (non-hydrogen) atoms. The van der Waals surface area contributed by atoms with Crippen LogP contribution in [0.25, 0.3) is 0 Å². The van der Waals surface area contributed by atoms with Crippen molar-refractivity contribution in [2.45, 2.75) is 51.6 Å². The van der Waals surface area contributed by atoms with Gasteiger partial charge < -0.3 is 5.73 Å². The number of hydrogen-bond acceptors (Lipinski definition) is 2. The van der Waals surface area contributed by atoms with Gasteiger partial charge in [-0.1, -0.05) is 30.7 Å². The molecule has 2 unspecified atom stereocenters. The third-order valence-electron chi connectivity index (χ3n) is 3.35. The highest BCUT2D eigenvalue weighted by molar-refractivity contribution is 5.20. The second-order valence-corrected chi connectivity index (χ2v) is 5.21.